The molecular formula is C17H18N2O6. The van der Waals surface area contributed by atoms with Crippen molar-refractivity contribution in [1.82, 2.24) is 0 Å². The zero-order chi connectivity index (χ0) is 18.6. The molecule has 0 fully saturated rings. The van der Waals surface area contributed by atoms with Crippen LogP contribution in [-0.4, -0.2) is 22.9 Å². The highest BCUT2D eigenvalue weighted by Crippen LogP contribution is 2.19. The number of carbonyl (C=O) groups is 2. The summed E-state index contributed by atoms with van der Waals surface area (Å²) < 4.78 is 9.69. The average Bonchev–Trinajstić information content (AvgIpc) is 3.05. The second kappa shape index (κ2) is 7.61. The molecule has 2 rings (SSSR count). The third-order valence-electron chi connectivity index (χ3n) is 3.47. The molecule has 0 bridgehead atoms. The van der Waals surface area contributed by atoms with E-state index in [2.05, 4.69) is 19.2 Å². The Labute approximate surface area is 143 Å². The topological polar surface area (TPSA) is 112 Å². The first-order valence-electron chi connectivity index (χ1n) is 7.64. The Kier molecular flexibility index (Phi) is 5.53. The van der Waals surface area contributed by atoms with Gasteiger partial charge in [0.05, 0.1) is 6.07 Å². The van der Waals surface area contributed by atoms with E-state index in [1.807, 2.05) is 12.1 Å². The van der Waals surface area contributed by atoms with Gasteiger partial charge in [-0.05, 0) is 36.6 Å². The SMILES string of the molecule is CC(C)c1ccc(NC(=O)[C@H](C)OC(=O)c2ccc([N+](=O)[O-])o2)cc1. The predicted octanol–water partition coefficient (Wildman–Crippen LogP) is 3.50. The first-order chi connectivity index (χ1) is 11.8. The Morgan fingerprint density at radius 1 is 1.12 bits per heavy atom. The molecular weight excluding hydrogens is 328 g/mol. The van der Waals surface area contributed by atoms with Gasteiger partial charge in [-0.15, -0.1) is 0 Å². The van der Waals surface area contributed by atoms with Crippen LogP contribution < -0.4 is 5.32 Å². The Bertz CT molecular complexity index is 779. The standard InChI is InChI=1S/C17H18N2O6/c1-10(2)12-4-6-13(7-5-12)18-16(20)11(3)24-17(21)14-8-9-15(25-14)19(22)23/h4-11H,1-3H3,(H,18,20)/t11-/m0/s1. The lowest BCUT2D eigenvalue weighted by Crippen LogP contribution is -2.29. The largest absolute Gasteiger partial charge is 0.447 e. The quantitative estimate of drug-likeness (QED) is 0.487. The molecule has 0 spiro atoms. The summed E-state index contributed by atoms with van der Waals surface area (Å²) in [5, 5.41) is 13.2. The van der Waals surface area contributed by atoms with Crippen molar-refractivity contribution in [3.63, 3.8) is 0 Å². The monoisotopic (exact) mass is 346 g/mol. The number of nitrogens with zero attached hydrogens (tertiary/aromatic N) is 1. The maximum Gasteiger partial charge on any atom is 0.433 e. The fraction of sp³-hybridized carbons (Fsp3) is 0.294. The molecule has 0 aliphatic heterocycles. The number of furan rings is 1. The number of nitro groups is 1. The van der Waals surface area contributed by atoms with E-state index < -0.39 is 28.8 Å². The molecule has 0 saturated heterocycles. The molecule has 0 aliphatic rings. The lowest BCUT2D eigenvalue weighted by atomic mass is 10.0. The van der Waals surface area contributed by atoms with E-state index in [0.29, 0.717) is 11.6 Å². The van der Waals surface area contributed by atoms with Crippen molar-refractivity contribution in [1.29, 1.82) is 0 Å². The molecule has 2 aromatic rings. The lowest BCUT2D eigenvalue weighted by molar-refractivity contribution is -0.402. The van der Waals surface area contributed by atoms with Gasteiger partial charge in [-0.3, -0.25) is 14.9 Å². The maximum atomic E-state index is 12.1. The highest BCUT2D eigenvalue weighted by molar-refractivity contribution is 5.96. The molecule has 132 valence electrons. The summed E-state index contributed by atoms with van der Waals surface area (Å²) in [5.41, 5.74) is 1.71. The van der Waals surface area contributed by atoms with Crippen molar-refractivity contribution in [2.75, 3.05) is 5.32 Å². The molecule has 0 aliphatic carbocycles. The summed E-state index contributed by atoms with van der Waals surface area (Å²) in [4.78, 5) is 33.7. The smallest absolute Gasteiger partial charge is 0.433 e. The van der Waals surface area contributed by atoms with Crippen molar-refractivity contribution >= 4 is 23.4 Å². The van der Waals surface area contributed by atoms with Gasteiger partial charge in [0.15, 0.2) is 6.10 Å². The van der Waals surface area contributed by atoms with Crippen LogP contribution in [0.15, 0.2) is 40.8 Å². The van der Waals surface area contributed by atoms with Crippen LogP contribution in [0.1, 0.15) is 42.8 Å². The van der Waals surface area contributed by atoms with Gasteiger partial charge in [-0.2, -0.15) is 0 Å². The number of hydrogen-bond acceptors (Lipinski definition) is 6. The number of anilines is 1. The fourth-order valence-electron chi connectivity index (χ4n) is 2.00. The third kappa shape index (κ3) is 4.66. The van der Waals surface area contributed by atoms with Crippen molar-refractivity contribution in [2.45, 2.75) is 32.8 Å². The molecule has 8 heteroatoms. The molecule has 1 N–H and O–H groups in total. The summed E-state index contributed by atoms with van der Waals surface area (Å²) in [5.74, 6) is -2.01. The van der Waals surface area contributed by atoms with Crippen molar-refractivity contribution in [3.05, 3.63) is 57.8 Å². The van der Waals surface area contributed by atoms with Crippen LogP contribution in [0.5, 0.6) is 0 Å². The molecule has 25 heavy (non-hydrogen) atoms. The number of esters is 1. The van der Waals surface area contributed by atoms with Gasteiger partial charge >= 0.3 is 11.9 Å². The second-order valence-electron chi connectivity index (χ2n) is 5.71. The Morgan fingerprint density at radius 2 is 1.76 bits per heavy atom. The second-order valence-corrected chi connectivity index (χ2v) is 5.71. The highest BCUT2D eigenvalue weighted by Gasteiger charge is 2.23. The fourth-order valence-corrected chi connectivity index (χ4v) is 2.00. The van der Waals surface area contributed by atoms with Crippen LogP contribution in [0.4, 0.5) is 11.6 Å². The molecule has 1 atom stereocenters. The number of rotatable bonds is 6. The van der Waals surface area contributed by atoms with Crippen LogP contribution >= 0.6 is 0 Å². The van der Waals surface area contributed by atoms with Gasteiger partial charge in [-0.1, -0.05) is 26.0 Å². The summed E-state index contributed by atoms with van der Waals surface area (Å²) in [7, 11) is 0. The van der Waals surface area contributed by atoms with E-state index in [-0.39, 0.29) is 5.76 Å². The van der Waals surface area contributed by atoms with Gasteiger partial charge in [0.25, 0.3) is 5.91 Å². The van der Waals surface area contributed by atoms with Crippen LogP contribution in [0.25, 0.3) is 0 Å². The maximum absolute atomic E-state index is 12.1. The number of ether oxygens (including phenoxy) is 1. The van der Waals surface area contributed by atoms with Crippen molar-refractivity contribution in [3.8, 4) is 0 Å². The van der Waals surface area contributed by atoms with Gasteiger partial charge in [-0.25, -0.2) is 4.79 Å². The first-order valence-corrected chi connectivity index (χ1v) is 7.64. The predicted molar refractivity (Wildman–Crippen MR) is 89.4 cm³/mol. The van der Waals surface area contributed by atoms with E-state index in [0.717, 1.165) is 17.7 Å². The number of carbonyl (C=O) groups excluding carboxylic acids is 2. The van der Waals surface area contributed by atoms with Crippen LogP contribution in [0.2, 0.25) is 0 Å². The molecule has 1 aromatic carbocycles. The minimum absolute atomic E-state index is 0.340. The Hall–Kier alpha value is -3.16. The normalized spacial score (nSPS) is 11.8. The zero-order valence-electron chi connectivity index (χ0n) is 14.0. The number of benzene rings is 1. The molecule has 1 heterocycles. The van der Waals surface area contributed by atoms with E-state index in [4.69, 9.17) is 9.15 Å². The molecule has 1 aromatic heterocycles. The van der Waals surface area contributed by atoms with Gasteiger partial charge in [0.2, 0.25) is 5.76 Å². The first kappa shape index (κ1) is 18.2. The number of amides is 1. The molecule has 1 amide bonds. The van der Waals surface area contributed by atoms with E-state index in [1.54, 1.807) is 12.1 Å². The molecule has 8 nitrogen and oxygen atoms in total. The molecule has 0 unspecified atom stereocenters. The Balaban J connectivity index is 1.94. The molecule has 0 saturated carbocycles. The van der Waals surface area contributed by atoms with E-state index in [9.17, 15) is 19.7 Å². The van der Waals surface area contributed by atoms with Gasteiger partial charge in [0, 0.05) is 5.69 Å². The summed E-state index contributed by atoms with van der Waals surface area (Å²) in [6.07, 6.45) is -1.10. The number of hydrogen-bond donors (Lipinski definition) is 1. The van der Waals surface area contributed by atoms with Gasteiger partial charge in [0.1, 0.15) is 4.92 Å². The van der Waals surface area contributed by atoms with Crippen LogP contribution in [-0.2, 0) is 9.53 Å². The van der Waals surface area contributed by atoms with Crippen LogP contribution in [0, 0.1) is 10.1 Å². The van der Waals surface area contributed by atoms with Gasteiger partial charge < -0.3 is 14.5 Å². The summed E-state index contributed by atoms with van der Waals surface area (Å²) in [6.45, 7) is 5.52. The zero-order valence-corrected chi connectivity index (χ0v) is 14.0. The summed E-state index contributed by atoms with van der Waals surface area (Å²) >= 11 is 0. The van der Waals surface area contributed by atoms with Crippen LogP contribution in [0.3, 0.4) is 0 Å². The highest BCUT2D eigenvalue weighted by atomic mass is 16.7. The van der Waals surface area contributed by atoms with E-state index >= 15 is 0 Å². The van der Waals surface area contributed by atoms with Crippen molar-refractivity contribution in [2.24, 2.45) is 0 Å². The minimum Gasteiger partial charge on any atom is -0.447 e. The van der Waals surface area contributed by atoms with E-state index in [1.165, 1.54) is 6.92 Å². The third-order valence-corrected chi connectivity index (χ3v) is 3.47. The van der Waals surface area contributed by atoms with Crippen molar-refractivity contribution < 1.29 is 23.7 Å². The lowest BCUT2D eigenvalue weighted by Gasteiger charge is -2.13. The number of nitrogens with one attached hydrogen (secondary N) is 1. The minimum atomic E-state index is -1.10. The summed E-state index contributed by atoms with van der Waals surface area (Å²) in [6, 6.07) is 9.49. The molecule has 0 radical (unpaired) electrons. The Morgan fingerprint density at radius 3 is 2.28 bits per heavy atom. The average molecular weight is 346 g/mol.